The molecule has 0 saturated carbocycles. The van der Waals surface area contributed by atoms with E-state index in [0.717, 1.165) is 28.7 Å². The number of benzene rings is 3. The minimum absolute atomic E-state index is 0.0549. The van der Waals surface area contributed by atoms with Gasteiger partial charge in [0.15, 0.2) is 0 Å². The number of nitrogens with zero attached hydrogens (tertiary/aromatic N) is 2. The molecule has 0 bridgehead atoms. The van der Waals surface area contributed by atoms with Crippen LogP contribution in [-0.4, -0.2) is 0 Å². The standard InChI is InChI=1S/C25H18N2/c1-16-11-12-19-21(14-26)18-9-5-6-10-22(18)25(15-27)23(13-20(16)24(19)25)17-7-3-2-4-8-17/h2-12,21,23H,13H2,1H3/t21?,23-,25+/m0/s1. The molecule has 0 spiro atoms. The lowest BCUT2D eigenvalue weighted by atomic mass is 9.60. The summed E-state index contributed by atoms with van der Waals surface area (Å²) in [6.07, 6.45) is 0.832. The van der Waals surface area contributed by atoms with Crippen LogP contribution in [0.1, 0.15) is 50.8 Å². The summed E-state index contributed by atoms with van der Waals surface area (Å²) in [4.78, 5) is 0. The van der Waals surface area contributed by atoms with Crippen LogP contribution in [0.25, 0.3) is 0 Å². The zero-order valence-electron chi connectivity index (χ0n) is 15.1. The highest BCUT2D eigenvalue weighted by molar-refractivity contribution is 5.70. The van der Waals surface area contributed by atoms with Crippen LogP contribution in [0.15, 0.2) is 66.7 Å². The van der Waals surface area contributed by atoms with Gasteiger partial charge in [-0.05, 0) is 52.3 Å². The first-order valence-corrected chi connectivity index (χ1v) is 9.30. The lowest BCUT2D eigenvalue weighted by Gasteiger charge is -2.38. The summed E-state index contributed by atoms with van der Waals surface area (Å²) < 4.78 is 0. The summed E-state index contributed by atoms with van der Waals surface area (Å²) in [6, 6.07) is 27.8. The van der Waals surface area contributed by atoms with Gasteiger partial charge < -0.3 is 0 Å². The molecule has 3 atom stereocenters. The van der Waals surface area contributed by atoms with Crippen molar-refractivity contribution in [3.63, 3.8) is 0 Å². The largest absolute Gasteiger partial charge is 0.197 e. The van der Waals surface area contributed by atoms with Gasteiger partial charge in [0.1, 0.15) is 5.41 Å². The van der Waals surface area contributed by atoms with Crippen LogP contribution < -0.4 is 0 Å². The highest BCUT2D eigenvalue weighted by atomic mass is 14.6. The molecule has 0 aliphatic heterocycles. The Balaban J connectivity index is 1.92. The molecule has 2 aliphatic rings. The van der Waals surface area contributed by atoms with Gasteiger partial charge in [0.05, 0.1) is 18.1 Å². The molecular weight excluding hydrogens is 328 g/mol. The van der Waals surface area contributed by atoms with Gasteiger partial charge in [-0.1, -0.05) is 66.7 Å². The second kappa shape index (κ2) is 5.57. The van der Waals surface area contributed by atoms with E-state index in [1.54, 1.807) is 0 Å². The number of hydrogen-bond acceptors (Lipinski definition) is 2. The first kappa shape index (κ1) is 15.9. The minimum atomic E-state index is -0.734. The maximum atomic E-state index is 10.6. The van der Waals surface area contributed by atoms with Crippen LogP contribution in [-0.2, 0) is 11.8 Å². The van der Waals surface area contributed by atoms with Gasteiger partial charge in [-0.2, -0.15) is 10.5 Å². The van der Waals surface area contributed by atoms with E-state index < -0.39 is 5.41 Å². The molecule has 0 amide bonds. The lowest BCUT2D eigenvalue weighted by molar-refractivity contribution is 0.531. The molecule has 0 radical (unpaired) electrons. The summed E-state index contributed by atoms with van der Waals surface area (Å²) >= 11 is 0. The molecule has 3 aromatic rings. The Labute approximate surface area is 159 Å². The third kappa shape index (κ3) is 1.88. The van der Waals surface area contributed by atoms with E-state index in [1.807, 2.05) is 36.4 Å². The fraction of sp³-hybridized carbons (Fsp3) is 0.200. The van der Waals surface area contributed by atoms with Gasteiger partial charge in [-0.25, -0.2) is 0 Å². The number of aryl methyl sites for hydroxylation is 1. The average Bonchev–Trinajstić information content (AvgIpc) is 3.09. The van der Waals surface area contributed by atoms with Crippen LogP contribution in [0.2, 0.25) is 0 Å². The Bertz CT molecular complexity index is 1150. The molecule has 128 valence electrons. The lowest BCUT2D eigenvalue weighted by Crippen LogP contribution is -2.36. The van der Waals surface area contributed by atoms with Crippen LogP contribution in [0.5, 0.6) is 0 Å². The number of nitriles is 2. The Hall–Kier alpha value is -3.36. The SMILES string of the molecule is Cc1ccc2c3c1C[C@@H](c1ccccc1)[C@@]3(C#N)c1ccccc1C2C#N. The van der Waals surface area contributed by atoms with E-state index in [4.69, 9.17) is 0 Å². The second-order valence-electron chi connectivity index (χ2n) is 7.56. The van der Waals surface area contributed by atoms with E-state index in [2.05, 4.69) is 49.4 Å². The highest BCUT2D eigenvalue weighted by Gasteiger charge is 2.55. The molecule has 2 heteroatoms. The highest BCUT2D eigenvalue weighted by Crippen LogP contribution is 2.59. The first-order valence-electron chi connectivity index (χ1n) is 9.30. The van der Waals surface area contributed by atoms with Gasteiger partial charge in [-0.15, -0.1) is 0 Å². The normalized spacial score (nSPS) is 24.4. The zero-order chi connectivity index (χ0) is 18.6. The molecule has 27 heavy (non-hydrogen) atoms. The van der Waals surface area contributed by atoms with E-state index in [9.17, 15) is 10.5 Å². The van der Waals surface area contributed by atoms with Crippen molar-refractivity contribution in [1.29, 1.82) is 10.5 Å². The molecule has 0 heterocycles. The van der Waals surface area contributed by atoms with Crippen LogP contribution in [0.4, 0.5) is 0 Å². The molecular formula is C25H18N2. The van der Waals surface area contributed by atoms with Gasteiger partial charge in [0, 0.05) is 5.92 Å². The maximum Gasteiger partial charge on any atom is 0.115 e. The van der Waals surface area contributed by atoms with Gasteiger partial charge in [0.25, 0.3) is 0 Å². The van der Waals surface area contributed by atoms with Crippen molar-refractivity contribution < 1.29 is 0 Å². The molecule has 0 saturated heterocycles. The number of rotatable bonds is 1. The molecule has 1 unspecified atom stereocenters. The third-order valence-electron chi connectivity index (χ3n) is 6.42. The molecule has 0 fully saturated rings. The van der Waals surface area contributed by atoms with Crippen molar-refractivity contribution in [3.05, 3.63) is 106 Å². The molecule has 2 aliphatic carbocycles. The minimum Gasteiger partial charge on any atom is -0.197 e. The molecule has 3 aromatic carbocycles. The molecule has 2 nitrogen and oxygen atoms in total. The summed E-state index contributed by atoms with van der Waals surface area (Å²) in [5.41, 5.74) is 6.99. The predicted molar refractivity (Wildman–Crippen MR) is 104 cm³/mol. The Morgan fingerprint density at radius 1 is 0.889 bits per heavy atom. The number of hydrogen-bond donors (Lipinski definition) is 0. The van der Waals surface area contributed by atoms with Gasteiger partial charge in [-0.3, -0.25) is 0 Å². The Morgan fingerprint density at radius 3 is 2.37 bits per heavy atom. The van der Waals surface area contributed by atoms with Crippen LogP contribution >= 0.6 is 0 Å². The van der Waals surface area contributed by atoms with Crippen LogP contribution in [0, 0.1) is 29.6 Å². The second-order valence-corrected chi connectivity index (χ2v) is 7.56. The van der Waals surface area contributed by atoms with E-state index in [1.165, 1.54) is 16.7 Å². The third-order valence-corrected chi connectivity index (χ3v) is 6.42. The quantitative estimate of drug-likeness (QED) is 0.614. The van der Waals surface area contributed by atoms with E-state index >= 15 is 0 Å². The van der Waals surface area contributed by atoms with E-state index in [0.29, 0.717) is 0 Å². The van der Waals surface area contributed by atoms with Gasteiger partial charge in [0.2, 0.25) is 0 Å². The summed E-state index contributed by atoms with van der Waals surface area (Å²) in [5, 5.41) is 20.6. The van der Waals surface area contributed by atoms with Crippen molar-refractivity contribution in [2.75, 3.05) is 0 Å². The first-order chi connectivity index (χ1) is 13.2. The van der Waals surface area contributed by atoms with Gasteiger partial charge >= 0.3 is 0 Å². The number of fused-ring (bicyclic) bond motifs is 2. The zero-order valence-corrected chi connectivity index (χ0v) is 15.1. The Morgan fingerprint density at radius 2 is 1.63 bits per heavy atom. The van der Waals surface area contributed by atoms with Crippen LogP contribution in [0.3, 0.4) is 0 Å². The summed E-state index contributed by atoms with van der Waals surface area (Å²) in [5.74, 6) is -0.258. The van der Waals surface area contributed by atoms with Crippen molar-refractivity contribution in [3.8, 4) is 12.1 Å². The maximum absolute atomic E-state index is 10.6. The molecule has 0 aromatic heterocycles. The smallest absolute Gasteiger partial charge is 0.115 e. The summed E-state index contributed by atoms with van der Waals surface area (Å²) in [6.45, 7) is 2.12. The fourth-order valence-electron chi connectivity index (χ4n) is 5.25. The molecule has 0 N–H and O–H groups in total. The van der Waals surface area contributed by atoms with Crippen molar-refractivity contribution in [1.82, 2.24) is 0 Å². The monoisotopic (exact) mass is 346 g/mol. The van der Waals surface area contributed by atoms with E-state index in [-0.39, 0.29) is 11.8 Å². The average molecular weight is 346 g/mol. The Kier molecular flexibility index (Phi) is 3.27. The molecule has 5 rings (SSSR count). The van der Waals surface area contributed by atoms with Crippen molar-refractivity contribution in [2.45, 2.75) is 30.6 Å². The van der Waals surface area contributed by atoms with Crippen molar-refractivity contribution in [2.24, 2.45) is 0 Å². The fourth-order valence-corrected chi connectivity index (χ4v) is 5.25. The summed E-state index contributed by atoms with van der Waals surface area (Å²) in [7, 11) is 0. The predicted octanol–water partition coefficient (Wildman–Crippen LogP) is 5.11. The van der Waals surface area contributed by atoms with Crippen molar-refractivity contribution >= 4 is 0 Å². The topological polar surface area (TPSA) is 47.6 Å².